The monoisotopic (exact) mass is 379 g/mol. The summed E-state index contributed by atoms with van der Waals surface area (Å²) >= 11 is 1.56. The molecule has 136 valence electrons. The molecule has 2 aromatic rings. The number of piperidine rings is 1. The van der Waals surface area contributed by atoms with Gasteiger partial charge in [0.1, 0.15) is 0 Å². The number of aromatic nitrogens is 1. The maximum atomic E-state index is 12.7. The molecule has 5 nitrogen and oxygen atoms in total. The number of thiazole rings is 1. The number of rotatable bonds is 4. The van der Waals surface area contributed by atoms with Crippen molar-refractivity contribution in [3.05, 3.63) is 29.6 Å². The standard InChI is InChI=1S/C18H25N3O2S2/c1-18(2,3)20-17-19-16(13-24-17)14-7-9-15(10-8-14)25(22,23)21-11-5-4-6-12-21/h7-10,13H,4-6,11-12H2,1-3H3,(H,19,20). The summed E-state index contributed by atoms with van der Waals surface area (Å²) < 4.78 is 27.0. The van der Waals surface area contributed by atoms with E-state index in [4.69, 9.17) is 0 Å². The van der Waals surface area contributed by atoms with Gasteiger partial charge < -0.3 is 5.32 Å². The molecule has 2 heterocycles. The van der Waals surface area contributed by atoms with Crippen molar-refractivity contribution in [2.24, 2.45) is 0 Å². The molecule has 0 spiro atoms. The highest BCUT2D eigenvalue weighted by Gasteiger charge is 2.25. The maximum absolute atomic E-state index is 12.7. The van der Waals surface area contributed by atoms with Gasteiger partial charge in [-0.3, -0.25) is 0 Å². The van der Waals surface area contributed by atoms with E-state index in [1.807, 2.05) is 17.5 Å². The van der Waals surface area contributed by atoms with Crippen LogP contribution in [0.4, 0.5) is 5.13 Å². The third kappa shape index (κ3) is 4.40. The number of hydrogen-bond acceptors (Lipinski definition) is 5. The molecule has 1 fully saturated rings. The van der Waals surface area contributed by atoms with E-state index in [-0.39, 0.29) is 5.54 Å². The van der Waals surface area contributed by atoms with E-state index in [2.05, 4.69) is 31.1 Å². The molecule has 3 rings (SSSR count). The largest absolute Gasteiger partial charge is 0.357 e. The van der Waals surface area contributed by atoms with Gasteiger partial charge in [0.25, 0.3) is 0 Å². The Morgan fingerprint density at radius 1 is 1.08 bits per heavy atom. The van der Waals surface area contributed by atoms with Gasteiger partial charge in [0.05, 0.1) is 10.6 Å². The predicted octanol–water partition coefficient (Wildman–Crippen LogP) is 4.20. The van der Waals surface area contributed by atoms with Crippen molar-refractivity contribution in [1.82, 2.24) is 9.29 Å². The lowest BCUT2D eigenvalue weighted by atomic mass is 10.1. The smallest absolute Gasteiger partial charge is 0.243 e. The number of nitrogens with one attached hydrogen (secondary N) is 1. The highest BCUT2D eigenvalue weighted by molar-refractivity contribution is 7.89. The average Bonchev–Trinajstić information content (AvgIpc) is 3.02. The lowest BCUT2D eigenvalue weighted by Crippen LogP contribution is -2.35. The second-order valence-corrected chi connectivity index (χ2v) is 10.2. The highest BCUT2D eigenvalue weighted by atomic mass is 32.2. The van der Waals surface area contributed by atoms with Gasteiger partial charge in [0, 0.05) is 29.6 Å². The van der Waals surface area contributed by atoms with Gasteiger partial charge in [-0.15, -0.1) is 11.3 Å². The van der Waals surface area contributed by atoms with Crippen LogP contribution in [0.25, 0.3) is 11.3 Å². The normalized spacial score (nSPS) is 16.8. The number of benzene rings is 1. The first-order valence-electron chi connectivity index (χ1n) is 8.60. The van der Waals surface area contributed by atoms with E-state index < -0.39 is 10.0 Å². The molecule has 0 amide bonds. The summed E-state index contributed by atoms with van der Waals surface area (Å²) in [6.45, 7) is 7.52. The Labute approximate surface area is 154 Å². The lowest BCUT2D eigenvalue weighted by Gasteiger charge is -2.25. The Bertz CT molecular complexity index is 815. The van der Waals surface area contributed by atoms with Crippen LogP contribution >= 0.6 is 11.3 Å². The number of anilines is 1. The minimum absolute atomic E-state index is 0.0402. The van der Waals surface area contributed by atoms with Crippen LogP contribution in [-0.2, 0) is 10.0 Å². The van der Waals surface area contributed by atoms with Crippen molar-refractivity contribution in [2.45, 2.75) is 50.5 Å². The first-order chi connectivity index (χ1) is 11.8. The molecule has 0 unspecified atom stereocenters. The highest BCUT2D eigenvalue weighted by Crippen LogP contribution is 2.28. The molecule has 0 aliphatic carbocycles. The molecule has 1 aliphatic rings. The number of hydrogen-bond donors (Lipinski definition) is 1. The van der Waals surface area contributed by atoms with Crippen LogP contribution in [0, 0.1) is 0 Å². The molecular formula is C18H25N3O2S2. The average molecular weight is 380 g/mol. The summed E-state index contributed by atoms with van der Waals surface area (Å²) in [5.41, 5.74) is 1.75. The summed E-state index contributed by atoms with van der Waals surface area (Å²) in [6, 6.07) is 7.06. The topological polar surface area (TPSA) is 62.3 Å². The van der Waals surface area contributed by atoms with Crippen molar-refractivity contribution in [3.63, 3.8) is 0 Å². The lowest BCUT2D eigenvalue weighted by molar-refractivity contribution is 0.346. The van der Waals surface area contributed by atoms with Crippen molar-refractivity contribution >= 4 is 26.5 Å². The Morgan fingerprint density at radius 2 is 1.72 bits per heavy atom. The molecule has 0 atom stereocenters. The molecule has 0 bridgehead atoms. The second kappa shape index (κ2) is 7.05. The molecule has 25 heavy (non-hydrogen) atoms. The van der Waals surface area contributed by atoms with E-state index in [9.17, 15) is 8.42 Å². The predicted molar refractivity (Wildman–Crippen MR) is 104 cm³/mol. The van der Waals surface area contributed by atoms with Crippen molar-refractivity contribution in [3.8, 4) is 11.3 Å². The summed E-state index contributed by atoms with van der Waals surface area (Å²) in [7, 11) is -3.38. The van der Waals surface area contributed by atoms with Crippen LogP contribution in [0.1, 0.15) is 40.0 Å². The maximum Gasteiger partial charge on any atom is 0.243 e. The zero-order valence-electron chi connectivity index (χ0n) is 14.9. The van der Waals surface area contributed by atoms with E-state index in [1.54, 1.807) is 27.8 Å². The van der Waals surface area contributed by atoms with Gasteiger partial charge in [-0.05, 0) is 45.7 Å². The molecule has 1 aliphatic heterocycles. The molecule has 0 saturated carbocycles. The fourth-order valence-corrected chi connectivity index (χ4v) is 5.28. The van der Waals surface area contributed by atoms with Crippen LogP contribution < -0.4 is 5.32 Å². The van der Waals surface area contributed by atoms with Gasteiger partial charge in [-0.1, -0.05) is 18.6 Å². The van der Waals surface area contributed by atoms with Crippen molar-refractivity contribution < 1.29 is 8.42 Å². The van der Waals surface area contributed by atoms with Crippen LogP contribution in [0.5, 0.6) is 0 Å². The molecular weight excluding hydrogens is 354 g/mol. The Hall–Kier alpha value is -1.44. The molecule has 7 heteroatoms. The van der Waals surface area contributed by atoms with Gasteiger partial charge in [-0.25, -0.2) is 13.4 Å². The van der Waals surface area contributed by atoms with Crippen molar-refractivity contribution in [2.75, 3.05) is 18.4 Å². The zero-order chi connectivity index (χ0) is 18.1. The van der Waals surface area contributed by atoms with Crippen LogP contribution in [-0.4, -0.2) is 36.3 Å². The Balaban J connectivity index is 1.78. The third-order valence-corrected chi connectivity index (χ3v) is 6.76. The summed E-state index contributed by atoms with van der Waals surface area (Å²) in [5.74, 6) is 0. The van der Waals surface area contributed by atoms with E-state index in [0.717, 1.165) is 35.7 Å². The van der Waals surface area contributed by atoms with E-state index in [1.165, 1.54) is 0 Å². The van der Waals surface area contributed by atoms with Gasteiger partial charge in [-0.2, -0.15) is 4.31 Å². The van der Waals surface area contributed by atoms with E-state index in [0.29, 0.717) is 18.0 Å². The second-order valence-electron chi connectivity index (χ2n) is 7.40. The van der Waals surface area contributed by atoms with Gasteiger partial charge in [0.15, 0.2) is 5.13 Å². The molecule has 1 N–H and O–H groups in total. The summed E-state index contributed by atoms with van der Waals surface area (Å²) in [4.78, 5) is 4.96. The summed E-state index contributed by atoms with van der Waals surface area (Å²) in [5, 5.41) is 6.21. The number of sulfonamides is 1. The summed E-state index contributed by atoms with van der Waals surface area (Å²) in [6.07, 6.45) is 3.00. The number of nitrogens with zero attached hydrogens (tertiary/aromatic N) is 2. The van der Waals surface area contributed by atoms with Crippen LogP contribution in [0.15, 0.2) is 34.5 Å². The SMILES string of the molecule is CC(C)(C)Nc1nc(-c2ccc(S(=O)(=O)N3CCCCC3)cc2)cs1. The fourth-order valence-electron chi connectivity index (χ4n) is 2.84. The molecule has 1 aromatic heterocycles. The molecule has 1 saturated heterocycles. The first-order valence-corrected chi connectivity index (χ1v) is 10.9. The fraction of sp³-hybridized carbons (Fsp3) is 0.500. The van der Waals surface area contributed by atoms with Crippen LogP contribution in [0.3, 0.4) is 0 Å². The Kier molecular flexibility index (Phi) is 5.18. The zero-order valence-corrected chi connectivity index (χ0v) is 16.6. The first kappa shape index (κ1) is 18.4. The minimum Gasteiger partial charge on any atom is -0.357 e. The minimum atomic E-state index is -3.38. The van der Waals surface area contributed by atoms with E-state index >= 15 is 0 Å². The molecule has 1 aromatic carbocycles. The van der Waals surface area contributed by atoms with Gasteiger partial charge >= 0.3 is 0 Å². The van der Waals surface area contributed by atoms with Gasteiger partial charge in [0.2, 0.25) is 10.0 Å². The van der Waals surface area contributed by atoms with Crippen molar-refractivity contribution in [1.29, 1.82) is 0 Å². The van der Waals surface area contributed by atoms with Crippen LogP contribution in [0.2, 0.25) is 0 Å². The third-order valence-electron chi connectivity index (χ3n) is 4.09. The molecule has 0 radical (unpaired) electrons. The quantitative estimate of drug-likeness (QED) is 0.865. The Morgan fingerprint density at radius 3 is 2.32 bits per heavy atom.